The van der Waals surface area contributed by atoms with Crippen molar-refractivity contribution >= 4 is 66.5 Å². The second-order valence-electron chi connectivity index (χ2n) is 7.79. The number of nitrogens with one attached hydrogen (secondary N) is 1. The van der Waals surface area contributed by atoms with Crippen LogP contribution in [0.5, 0.6) is 5.75 Å². The number of ether oxygens (including phenoxy) is 1. The van der Waals surface area contributed by atoms with Crippen molar-refractivity contribution in [2.45, 2.75) is 16.2 Å². The molecule has 0 unspecified atom stereocenters. The lowest BCUT2D eigenvalue weighted by molar-refractivity contribution is -0.119. The average molecular weight is 562 g/mol. The van der Waals surface area contributed by atoms with Gasteiger partial charge < -0.3 is 10.1 Å². The summed E-state index contributed by atoms with van der Waals surface area (Å²) in [4.78, 5) is 17.5. The molecule has 0 bridgehead atoms. The second kappa shape index (κ2) is 11.5. The Morgan fingerprint density at radius 2 is 1.89 bits per heavy atom. The molecular weight excluding hydrogens is 538 g/mol. The molecule has 11 heteroatoms. The van der Waals surface area contributed by atoms with Gasteiger partial charge in [0.05, 0.1) is 27.9 Å². The topological polar surface area (TPSA) is 88.6 Å². The SMILES string of the molecule is COc1ccc(Cl)cc1N(CC(=O)NCCSc1nc2ccccc2s1)S(=O)(=O)c1ccc(C)cc1. The molecule has 1 amide bonds. The number of hydrogen-bond acceptors (Lipinski definition) is 7. The van der Waals surface area contributed by atoms with Crippen LogP contribution in [0.3, 0.4) is 0 Å². The van der Waals surface area contributed by atoms with Crippen molar-refractivity contribution in [3.05, 3.63) is 77.3 Å². The number of carbonyl (C=O) groups excluding carboxylic acids is 1. The molecule has 1 aromatic heterocycles. The molecule has 1 heterocycles. The number of halogens is 1. The number of benzene rings is 3. The first-order chi connectivity index (χ1) is 17.3. The number of amides is 1. The van der Waals surface area contributed by atoms with E-state index in [0.29, 0.717) is 17.3 Å². The number of sulfonamides is 1. The number of hydrogen-bond donors (Lipinski definition) is 1. The van der Waals surface area contributed by atoms with Crippen LogP contribution < -0.4 is 14.4 Å². The van der Waals surface area contributed by atoms with Gasteiger partial charge in [-0.15, -0.1) is 11.3 Å². The molecule has 0 aliphatic heterocycles. The highest BCUT2D eigenvalue weighted by Gasteiger charge is 2.29. The number of rotatable bonds is 10. The molecular formula is C25H24ClN3O4S3. The van der Waals surface area contributed by atoms with E-state index in [0.717, 1.165) is 24.4 Å². The number of methoxy groups -OCH3 is 1. The number of aromatic nitrogens is 1. The van der Waals surface area contributed by atoms with E-state index in [1.54, 1.807) is 35.6 Å². The van der Waals surface area contributed by atoms with E-state index in [1.165, 1.54) is 37.1 Å². The number of fused-ring (bicyclic) bond motifs is 1. The molecule has 0 fully saturated rings. The van der Waals surface area contributed by atoms with E-state index in [4.69, 9.17) is 16.3 Å². The maximum atomic E-state index is 13.6. The first kappa shape index (κ1) is 26.3. The van der Waals surface area contributed by atoms with Crippen LogP contribution in [0.1, 0.15) is 5.56 Å². The molecule has 3 aromatic carbocycles. The maximum absolute atomic E-state index is 13.6. The molecule has 0 aliphatic carbocycles. The molecule has 7 nitrogen and oxygen atoms in total. The highest BCUT2D eigenvalue weighted by molar-refractivity contribution is 8.01. The van der Waals surface area contributed by atoms with Gasteiger partial charge in [-0.1, -0.05) is 53.2 Å². The number of thioether (sulfide) groups is 1. The number of aryl methyl sites for hydroxylation is 1. The van der Waals surface area contributed by atoms with Crippen LogP contribution in [0, 0.1) is 6.92 Å². The Kier molecular flexibility index (Phi) is 8.40. The van der Waals surface area contributed by atoms with Gasteiger partial charge in [-0.25, -0.2) is 13.4 Å². The summed E-state index contributed by atoms with van der Waals surface area (Å²) >= 11 is 9.31. The van der Waals surface area contributed by atoms with E-state index in [9.17, 15) is 13.2 Å². The molecule has 0 spiro atoms. The third-order valence-electron chi connectivity index (χ3n) is 5.23. The van der Waals surface area contributed by atoms with Gasteiger partial charge in [0.25, 0.3) is 10.0 Å². The predicted octanol–water partition coefficient (Wildman–Crippen LogP) is 5.37. The summed E-state index contributed by atoms with van der Waals surface area (Å²) in [6, 6.07) is 19.0. The van der Waals surface area contributed by atoms with Crippen molar-refractivity contribution in [2.75, 3.05) is 30.3 Å². The van der Waals surface area contributed by atoms with Gasteiger partial charge >= 0.3 is 0 Å². The smallest absolute Gasteiger partial charge is 0.264 e. The molecule has 4 rings (SSSR count). The Hall–Kier alpha value is -2.79. The Balaban J connectivity index is 1.49. The van der Waals surface area contributed by atoms with Crippen LogP contribution in [0.4, 0.5) is 5.69 Å². The van der Waals surface area contributed by atoms with Gasteiger partial charge in [0.1, 0.15) is 12.3 Å². The Morgan fingerprint density at radius 3 is 2.61 bits per heavy atom. The number of carbonyl (C=O) groups is 1. The maximum Gasteiger partial charge on any atom is 0.264 e. The standard InChI is InChI=1S/C25H24ClN3O4S3/c1-17-7-10-19(11-8-17)36(31,32)29(21-15-18(26)9-12-22(21)33-2)16-24(30)27-13-14-34-25-28-20-5-3-4-6-23(20)35-25/h3-12,15H,13-14,16H2,1-2H3,(H,27,30). The number of nitrogens with zero attached hydrogens (tertiary/aromatic N) is 2. The number of thiazole rings is 1. The van der Waals surface area contributed by atoms with Gasteiger partial charge in [0, 0.05) is 17.3 Å². The third kappa shape index (κ3) is 6.12. The molecule has 1 N–H and O–H groups in total. The average Bonchev–Trinajstić information content (AvgIpc) is 3.28. The minimum atomic E-state index is -4.08. The van der Waals surface area contributed by atoms with Gasteiger partial charge in [0.15, 0.2) is 4.34 Å². The zero-order chi connectivity index (χ0) is 25.7. The van der Waals surface area contributed by atoms with Crippen LogP contribution in [0.25, 0.3) is 10.2 Å². The zero-order valence-electron chi connectivity index (χ0n) is 19.6. The Morgan fingerprint density at radius 1 is 1.14 bits per heavy atom. The summed E-state index contributed by atoms with van der Waals surface area (Å²) in [5.41, 5.74) is 2.05. The van der Waals surface area contributed by atoms with E-state index in [1.807, 2.05) is 31.2 Å². The van der Waals surface area contributed by atoms with E-state index in [-0.39, 0.29) is 16.3 Å². The predicted molar refractivity (Wildman–Crippen MR) is 147 cm³/mol. The summed E-state index contributed by atoms with van der Waals surface area (Å²) in [6.45, 7) is 1.79. The molecule has 4 aromatic rings. The summed E-state index contributed by atoms with van der Waals surface area (Å²) in [6.07, 6.45) is 0. The Bertz CT molecular complexity index is 1440. The third-order valence-corrected chi connectivity index (χ3v) is 9.42. The molecule has 0 saturated carbocycles. The van der Waals surface area contributed by atoms with Gasteiger partial charge in [-0.3, -0.25) is 9.10 Å². The molecule has 188 valence electrons. The van der Waals surface area contributed by atoms with Crippen molar-refractivity contribution in [1.29, 1.82) is 0 Å². The molecule has 0 radical (unpaired) electrons. The summed E-state index contributed by atoms with van der Waals surface area (Å²) in [7, 11) is -2.65. The number of anilines is 1. The quantitative estimate of drug-likeness (QED) is 0.207. The van der Waals surface area contributed by atoms with Crippen LogP contribution in [0.2, 0.25) is 5.02 Å². The molecule has 0 atom stereocenters. The zero-order valence-corrected chi connectivity index (χ0v) is 22.8. The Labute approximate surface area is 223 Å². The van der Waals surface area contributed by atoms with Crippen molar-refractivity contribution < 1.29 is 17.9 Å². The lowest BCUT2D eigenvalue weighted by Gasteiger charge is -2.26. The second-order valence-corrected chi connectivity index (χ2v) is 12.5. The van der Waals surface area contributed by atoms with E-state index >= 15 is 0 Å². The van der Waals surface area contributed by atoms with Crippen LogP contribution in [-0.2, 0) is 14.8 Å². The van der Waals surface area contributed by atoms with E-state index < -0.39 is 22.5 Å². The van der Waals surface area contributed by atoms with Crippen LogP contribution in [0.15, 0.2) is 76.0 Å². The largest absolute Gasteiger partial charge is 0.495 e. The van der Waals surface area contributed by atoms with Gasteiger partial charge in [-0.2, -0.15) is 0 Å². The van der Waals surface area contributed by atoms with Crippen molar-refractivity contribution in [3.63, 3.8) is 0 Å². The fourth-order valence-corrected chi connectivity index (χ4v) is 7.01. The van der Waals surface area contributed by atoms with Gasteiger partial charge in [0.2, 0.25) is 5.91 Å². The van der Waals surface area contributed by atoms with Crippen molar-refractivity contribution in [2.24, 2.45) is 0 Å². The summed E-state index contributed by atoms with van der Waals surface area (Å²) in [5, 5.41) is 3.13. The number of para-hydroxylation sites is 1. The van der Waals surface area contributed by atoms with Crippen molar-refractivity contribution in [1.82, 2.24) is 10.3 Å². The van der Waals surface area contributed by atoms with Crippen LogP contribution >= 0.6 is 34.7 Å². The van der Waals surface area contributed by atoms with Gasteiger partial charge in [-0.05, 0) is 49.4 Å². The van der Waals surface area contributed by atoms with E-state index in [2.05, 4.69) is 10.3 Å². The normalized spacial score (nSPS) is 11.4. The van der Waals surface area contributed by atoms with Crippen LogP contribution in [-0.4, -0.2) is 45.3 Å². The molecule has 0 saturated heterocycles. The highest BCUT2D eigenvalue weighted by atomic mass is 35.5. The highest BCUT2D eigenvalue weighted by Crippen LogP contribution is 2.35. The lowest BCUT2D eigenvalue weighted by atomic mass is 10.2. The minimum absolute atomic E-state index is 0.0642. The lowest BCUT2D eigenvalue weighted by Crippen LogP contribution is -2.41. The first-order valence-corrected chi connectivity index (χ1v) is 14.6. The minimum Gasteiger partial charge on any atom is -0.495 e. The monoisotopic (exact) mass is 561 g/mol. The van der Waals surface area contributed by atoms with Crippen molar-refractivity contribution in [3.8, 4) is 5.75 Å². The summed E-state index contributed by atoms with van der Waals surface area (Å²) < 4.78 is 35.6. The fraction of sp³-hybridized carbons (Fsp3) is 0.200. The molecule has 0 aliphatic rings. The first-order valence-electron chi connectivity index (χ1n) is 11.0. The molecule has 36 heavy (non-hydrogen) atoms. The summed E-state index contributed by atoms with van der Waals surface area (Å²) in [5.74, 6) is 0.434. The fourth-order valence-electron chi connectivity index (χ4n) is 3.42.